The smallest absolute Gasteiger partial charge is 0.328 e. The van der Waals surface area contributed by atoms with Gasteiger partial charge in [-0.1, -0.05) is 12.1 Å². The lowest BCUT2D eigenvalue weighted by atomic mass is 10.0. The first-order valence-corrected chi connectivity index (χ1v) is 11.5. The predicted molar refractivity (Wildman–Crippen MR) is 140 cm³/mol. The number of hydrogen-bond acceptors (Lipinski definition) is 8. The summed E-state index contributed by atoms with van der Waals surface area (Å²) in [6, 6.07) is 11.0. The number of amidine groups is 2. The monoisotopic (exact) mass is 506 g/mol. The molecule has 0 atom stereocenters. The number of carbonyl (C=O) groups is 1. The Balaban J connectivity index is 1.79. The highest BCUT2D eigenvalue weighted by atomic mass is 16.5. The Bertz CT molecular complexity index is 1350. The molecule has 2 heterocycles. The molecule has 0 radical (unpaired) electrons. The number of phenols is 1. The van der Waals surface area contributed by atoms with Crippen LogP contribution in [-0.2, 0) is 19.9 Å². The lowest BCUT2D eigenvalue weighted by Gasteiger charge is -2.13. The van der Waals surface area contributed by atoms with Gasteiger partial charge in [-0.3, -0.25) is 15.2 Å². The third-order valence-corrected chi connectivity index (χ3v) is 6.20. The van der Waals surface area contributed by atoms with Gasteiger partial charge in [0.25, 0.3) is 0 Å². The molecule has 1 aromatic heterocycles. The lowest BCUT2D eigenvalue weighted by Crippen LogP contribution is -2.26. The van der Waals surface area contributed by atoms with Crippen molar-refractivity contribution in [1.82, 2.24) is 19.8 Å². The summed E-state index contributed by atoms with van der Waals surface area (Å²) in [4.78, 5) is 27.2. The number of imidazole rings is 1. The SMILES string of the molecule is CN=C1/C(=N/c2nc(Cc3ccc(OC)cc3)c(Cc3cc(OC)c(O)c(OC)c3)n2C)NC(=O)N1C. The number of methoxy groups -OCH3 is 3. The zero-order valence-electron chi connectivity index (χ0n) is 21.7. The van der Waals surface area contributed by atoms with Crippen molar-refractivity contribution in [3.05, 3.63) is 58.9 Å². The van der Waals surface area contributed by atoms with E-state index in [1.807, 2.05) is 35.9 Å². The minimum atomic E-state index is -0.310. The van der Waals surface area contributed by atoms with Crippen molar-refractivity contribution in [3.63, 3.8) is 0 Å². The molecule has 0 aliphatic carbocycles. The Morgan fingerprint density at radius 2 is 1.62 bits per heavy atom. The zero-order chi connectivity index (χ0) is 26.7. The highest BCUT2D eigenvalue weighted by molar-refractivity contribution is 6.49. The standard InChI is InChI=1S/C26H30N6O5/c1-27-24-23(30-26(34)32(24)3)29-25-28-18(11-15-7-9-17(35-4)10-8-15)19(31(25)2)12-16-13-20(36-5)22(33)21(14-16)37-6/h7-10,13-14,33H,11-12H2,1-6H3,(H,28,29,30,34). The van der Waals surface area contributed by atoms with Gasteiger partial charge < -0.3 is 23.9 Å². The highest BCUT2D eigenvalue weighted by Crippen LogP contribution is 2.38. The average molecular weight is 507 g/mol. The maximum absolute atomic E-state index is 12.2. The van der Waals surface area contributed by atoms with Crippen LogP contribution in [0.25, 0.3) is 0 Å². The second kappa shape index (κ2) is 10.6. The van der Waals surface area contributed by atoms with Gasteiger partial charge >= 0.3 is 6.03 Å². The van der Waals surface area contributed by atoms with E-state index in [4.69, 9.17) is 19.2 Å². The number of aromatic nitrogens is 2. The summed E-state index contributed by atoms with van der Waals surface area (Å²) in [6.07, 6.45) is 1.01. The number of urea groups is 1. The Morgan fingerprint density at radius 3 is 2.19 bits per heavy atom. The van der Waals surface area contributed by atoms with Crippen molar-refractivity contribution in [3.8, 4) is 23.0 Å². The summed E-state index contributed by atoms with van der Waals surface area (Å²) in [5, 5.41) is 13.1. The number of amides is 2. The molecule has 37 heavy (non-hydrogen) atoms. The summed E-state index contributed by atoms with van der Waals surface area (Å²) in [5.41, 5.74) is 3.61. The maximum Gasteiger partial charge on any atom is 0.328 e. The lowest BCUT2D eigenvalue weighted by molar-refractivity contribution is 0.234. The molecule has 2 amide bonds. The largest absolute Gasteiger partial charge is 0.502 e. The molecule has 11 nitrogen and oxygen atoms in total. The van der Waals surface area contributed by atoms with E-state index in [2.05, 4.69) is 15.3 Å². The molecule has 1 saturated heterocycles. The number of aromatic hydroxyl groups is 1. The van der Waals surface area contributed by atoms with Gasteiger partial charge in [-0.15, -0.1) is 0 Å². The van der Waals surface area contributed by atoms with Gasteiger partial charge in [0, 0.05) is 39.7 Å². The number of nitrogens with one attached hydrogen (secondary N) is 1. The van der Waals surface area contributed by atoms with E-state index in [0.29, 0.717) is 42.0 Å². The molecule has 1 aliphatic rings. The van der Waals surface area contributed by atoms with Gasteiger partial charge in [0.15, 0.2) is 23.2 Å². The van der Waals surface area contributed by atoms with Gasteiger partial charge in [-0.05, 0) is 35.4 Å². The van der Waals surface area contributed by atoms with Crippen LogP contribution in [0.4, 0.5) is 10.7 Å². The van der Waals surface area contributed by atoms with E-state index < -0.39 is 0 Å². The molecule has 0 saturated carbocycles. The van der Waals surface area contributed by atoms with Crippen LogP contribution in [0.15, 0.2) is 46.4 Å². The van der Waals surface area contributed by atoms with Crippen LogP contribution >= 0.6 is 0 Å². The Hall–Kier alpha value is -4.54. The summed E-state index contributed by atoms with van der Waals surface area (Å²) in [7, 11) is 9.72. The second-order valence-electron chi connectivity index (χ2n) is 8.41. The maximum atomic E-state index is 12.2. The molecule has 4 rings (SSSR count). The van der Waals surface area contributed by atoms with Crippen LogP contribution < -0.4 is 19.5 Å². The molecule has 0 spiro atoms. The first-order valence-electron chi connectivity index (χ1n) is 11.5. The molecule has 2 aromatic carbocycles. The van der Waals surface area contributed by atoms with Crippen LogP contribution in [0, 0.1) is 0 Å². The summed E-state index contributed by atoms with van der Waals surface area (Å²) in [5.74, 6) is 2.52. The van der Waals surface area contributed by atoms with Gasteiger partial charge in [-0.25, -0.2) is 9.78 Å². The van der Waals surface area contributed by atoms with Crippen LogP contribution in [-0.4, -0.2) is 72.7 Å². The fourth-order valence-corrected chi connectivity index (χ4v) is 4.15. The molecule has 0 unspecified atom stereocenters. The minimum absolute atomic E-state index is 0.0585. The molecule has 1 fully saturated rings. The van der Waals surface area contributed by atoms with E-state index in [9.17, 15) is 9.90 Å². The fourth-order valence-electron chi connectivity index (χ4n) is 4.15. The van der Waals surface area contributed by atoms with E-state index in [-0.39, 0.29) is 11.8 Å². The topological polar surface area (TPSA) is 123 Å². The molecular weight excluding hydrogens is 476 g/mol. The number of aliphatic imine (C=N–C) groups is 2. The third-order valence-electron chi connectivity index (χ3n) is 6.20. The van der Waals surface area contributed by atoms with Gasteiger partial charge in [-0.2, -0.15) is 4.99 Å². The van der Waals surface area contributed by atoms with E-state index in [0.717, 1.165) is 28.3 Å². The van der Waals surface area contributed by atoms with Crippen molar-refractivity contribution in [2.24, 2.45) is 17.0 Å². The first kappa shape index (κ1) is 25.5. The van der Waals surface area contributed by atoms with Crippen molar-refractivity contribution >= 4 is 23.7 Å². The molecule has 2 N–H and O–H groups in total. The van der Waals surface area contributed by atoms with E-state index in [1.165, 1.54) is 19.1 Å². The second-order valence-corrected chi connectivity index (χ2v) is 8.41. The predicted octanol–water partition coefficient (Wildman–Crippen LogP) is 3.05. The van der Waals surface area contributed by atoms with Crippen molar-refractivity contribution in [2.75, 3.05) is 35.4 Å². The zero-order valence-corrected chi connectivity index (χ0v) is 21.7. The number of rotatable bonds is 8. The number of phenolic OH excluding ortho intramolecular Hbond substituents is 1. The molecule has 1 aliphatic heterocycles. The average Bonchev–Trinajstić information content (AvgIpc) is 3.34. The van der Waals surface area contributed by atoms with Crippen LogP contribution in [0.2, 0.25) is 0 Å². The number of nitrogens with zero attached hydrogens (tertiary/aromatic N) is 5. The Morgan fingerprint density at radius 1 is 0.973 bits per heavy atom. The number of carbonyl (C=O) groups excluding carboxylic acids is 1. The van der Waals surface area contributed by atoms with Crippen molar-refractivity contribution in [1.29, 1.82) is 0 Å². The molecular formula is C26H30N6O5. The number of hydrogen-bond donors (Lipinski definition) is 2. The van der Waals surface area contributed by atoms with Gasteiger partial charge in [0.05, 0.1) is 27.0 Å². The first-order chi connectivity index (χ1) is 17.8. The van der Waals surface area contributed by atoms with Crippen molar-refractivity contribution in [2.45, 2.75) is 12.8 Å². The molecule has 194 valence electrons. The quantitative estimate of drug-likeness (QED) is 0.484. The summed E-state index contributed by atoms with van der Waals surface area (Å²) >= 11 is 0. The Labute approximate surface area is 215 Å². The summed E-state index contributed by atoms with van der Waals surface area (Å²) < 4.78 is 17.8. The molecule has 3 aromatic rings. The van der Waals surface area contributed by atoms with Crippen LogP contribution in [0.3, 0.4) is 0 Å². The highest BCUT2D eigenvalue weighted by Gasteiger charge is 2.30. The summed E-state index contributed by atoms with van der Waals surface area (Å²) in [6.45, 7) is 0. The minimum Gasteiger partial charge on any atom is -0.502 e. The van der Waals surface area contributed by atoms with Gasteiger partial charge in [0.1, 0.15) is 5.75 Å². The molecule has 0 bridgehead atoms. The fraction of sp³-hybridized carbons (Fsp3) is 0.308. The number of benzene rings is 2. The third kappa shape index (κ3) is 5.06. The van der Waals surface area contributed by atoms with Crippen molar-refractivity contribution < 1.29 is 24.1 Å². The van der Waals surface area contributed by atoms with Gasteiger partial charge in [0.2, 0.25) is 11.7 Å². The number of likely N-dealkylation sites (N-methyl/N-ethyl adjacent to an activating group) is 1. The van der Waals surface area contributed by atoms with Crippen LogP contribution in [0.5, 0.6) is 23.0 Å². The molecule has 11 heteroatoms. The van der Waals surface area contributed by atoms with E-state index >= 15 is 0 Å². The Kier molecular flexibility index (Phi) is 7.32. The van der Waals surface area contributed by atoms with Crippen LogP contribution in [0.1, 0.15) is 22.5 Å². The van der Waals surface area contributed by atoms with E-state index in [1.54, 1.807) is 33.3 Å². The number of ether oxygens (including phenoxy) is 3. The normalized spacial score (nSPS) is 15.4.